The molecule has 6 rings (SSSR count). The molecule has 4 aromatic carbocycles. The molecule has 5 nitrogen and oxygen atoms in total. The van der Waals surface area contributed by atoms with Crippen LogP contribution in [0.15, 0.2) is 103 Å². The summed E-state index contributed by atoms with van der Waals surface area (Å²) in [5.74, 6) is -0.603. The van der Waals surface area contributed by atoms with Crippen LogP contribution in [0, 0.1) is 0 Å². The number of aromatic hydroxyl groups is 1. The van der Waals surface area contributed by atoms with Crippen molar-refractivity contribution in [1.82, 2.24) is 9.97 Å². The van der Waals surface area contributed by atoms with Crippen LogP contribution in [0.5, 0.6) is 5.75 Å². The van der Waals surface area contributed by atoms with Crippen molar-refractivity contribution in [2.75, 3.05) is 4.90 Å². The monoisotopic (exact) mass is 443 g/mol. The first kappa shape index (κ1) is 20.1. The molecule has 1 aliphatic rings. The molecule has 1 amide bonds. The van der Waals surface area contributed by atoms with E-state index < -0.39 is 5.92 Å². The van der Waals surface area contributed by atoms with Gasteiger partial charge in [-0.2, -0.15) is 0 Å². The Balaban J connectivity index is 1.35. The normalized spacial score (nSPS) is 15.0. The van der Waals surface area contributed by atoms with Crippen molar-refractivity contribution in [3.63, 3.8) is 0 Å². The molecule has 0 bridgehead atoms. The number of hydrogen-bond donors (Lipinski definition) is 1. The molecule has 0 radical (unpaired) electrons. The van der Waals surface area contributed by atoms with Gasteiger partial charge in [-0.3, -0.25) is 14.8 Å². The molecule has 1 unspecified atom stereocenters. The minimum atomic E-state index is -0.591. The lowest BCUT2D eigenvalue weighted by Gasteiger charge is -2.19. The summed E-state index contributed by atoms with van der Waals surface area (Å²) in [6.45, 7) is 0.454. The molecule has 0 aliphatic carbocycles. The van der Waals surface area contributed by atoms with Gasteiger partial charge in [0.15, 0.2) is 0 Å². The summed E-state index contributed by atoms with van der Waals surface area (Å²) < 4.78 is 0. The van der Waals surface area contributed by atoms with Gasteiger partial charge in [-0.1, -0.05) is 72.8 Å². The lowest BCUT2D eigenvalue weighted by atomic mass is 9.91. The number of hydrogen-bond acceptors (Lipinski definition) is 4. The quantitative estimate of drug-likeness (QED) is 0.388. The third-order valence-corrected chi connectivity index (χ3v) is 6.38. The van der Waals surface area contributed by atoms with E-state index in [2.05, 4.69) is 46.4 Å². The highest BCUT2D eigenvalue weighted by Crippen LogP contribution is 2.45. The lowest BCUT2D eigenvalue weighted by molar-refractivity contribution is -0.118. The van der Waals surface area contributed by atoms with Crippen molar-refractivity contribution in [1.29, 1.82) is 0 Å². The number of carbonyl (C=O) groups excluding carboxylic acids is 1. The number of phenols is 1. The van der Waals surface area contributed by atoms with E-state index in [0.717, 1.165) is 27.9 Å². The Hall–Kier alpha value is -4.51. The molecule has 0 saturated carbocycles. The molecule has 5 aromatic rings. The number of amides is 1. The Morgan fingerprint density at radius 3 is 2.15 bits per heavy atom. The number of benzene rings is 4. The minimum Gasteiger partial charge on any atom is -0.508 e. The fourth-order valence-electron chi connectivity index (χ4n) is 4.71. The second-order valence-corrected chi connectivity index (χ2v) is 8.44. The summed E-state index contributed by atoms with van der Waals surface area (Å²) in [6.07, 6.45) is 3.20. The Bertz CT molecular complexity index is 1510. The Morgan fingerprint density at radius 1 is 0.735 bits per heavy atom. The third kappa shape index (κ3) is 3.39. The van der Waals surface area contributed by atoms with Crippen molar-refractivity contribution >= 4 is 22.6 Å². The van der Waals surface area contributed by atoms with Crippen LogP contribution >= 0.6 is 0 Å². The molecular weight excluding hydrogens is 422 g/mol. The van der Waals surface area contributed by atoms with Crippen LogP contribution < -0.4 is 4.90 Å². The van der Waals surface area contributed by atoms with Crippen LogP contribution in [0.25, 0.3) is 22.2 Å². The third-order valence-electron chi connectivity index (χ3n) is 6.38. The minimum absolute atomic E-state index is 0.0511. The van der Waals surface area contributed by atoms with E-state index in [1.807, 2.05) is 42.5 Å². The average Bonchev–Trinajstić information content (AvgIpc) is 3.15. The van der Waals surface area contributed by atoms with Gasteiger partial charge in [0, 0.05) is 29.7 Å². The van der Waals surface area contributed by atoms with Crippen LogP contribution in [-0.4, -0.2) is 21.0 Å². The maximum atomic E-state index is 13.7. The predicted octanol–water partition coefficient (Wildman–Crippen LogP) is 5.68. The van der Waals surface area contributed by atoms with Gasteiger partial charge in [-0.15, -0.1) is 0 Å². The van der Waals surface area contributed by atoms with E-state index in [4.69, 9.17) is 0 Å². The summed E-state index contributed by atoms with van der Waals surface area (Å²) in [5, 5.41) is 10.8. The topological polar surface area (TPSA) is 66.3 Å². The second-order valence-electron chi connectivity index (χ2n) is 8.44. The Kier molecular flexibility index (Phi) is 4.81. The number of nitrogens with zero attached hydrogens (tertiary/aromatic N) is 3. The fourth-order valence-corrected chi connectivity index (χ4v) is 4.71. The molecule has 5 heteroatoms. The predicted molar refractivity (Wildman–Crippen MR) is 133 cm³/mol. The zero-order chi connectivity index (χ0) is 23.1. The van der Waals surface area contributed by atoms with Gasteiger partial charge in [0.25, 0.3) is 0 Å². The van der Waals surface area contributed by atoms with Crippen molar-refractivity contribution < 1.29 is 9.90 Å². The number of anilines is 1. The van der Waals surface area contributed by atoms with E-state index in [1.54, 1.807) is 29.4 Å². The van der Waals surface area contributed by atoms with E-state index in [9.17, 15) is 9.90 Å². The van der Waals surface area contributed by atoms with Crippen molar-refractivity contribution in [2.45, 2.75) is 12.5 Å². The summed E-state index contributed by atoms with van der Waals surface area (Å²) in [6, 6.07) is 29.7. The number of rotatable bonds is 4. The van der Waals surface area contributed by atoms with Crippen LogP contribution in [-0.2, 0) is 11.3 Å². The molecular formula is C29H21N3O2. The molecule has 0 fully saturated rings. The van der Waals surface area contributed by atoms with Gasteiger partial charge < -0.3 is 10.0 Å². The number of aromatic nitrogens is 2. The smallest absolute Gasteiger partial charge is 0.239 e. The molecule has 0 spiro atoms. The van der Waals surface area contributed by atoms with Gasteiger partial charge >= 0.3 is 0 Å². The van der Waals surface area contributed by atoms with Crippen molar-refractivity contribution in [3.05, 3.63) is 120 Å². The Morgan fingerprint density at radius 2 is 1.38 bits per heavy atom. The summed E-state index contributed by atoms with van der Waals surface area (Å²) in [4.78, 5) is 24.1. The van der Waals surface area contributed by atoms with Gasteiger partial charge in [-0.05, 0) is 34.4 Å². The molecule has 2 heterocycles. The number of fused-ring (bicyclic) bond motifs is 2. The van der Waals surface area contributed by atoms with Gasteiger partial charge in [0.2, 0.25) is 5.91 Å². The molecule has 0 saturated heterocycles. The second kappa shape index (κ2) is 8.12. The van der Waals surface area contributed by atoms with Gasteiger partial charge in [-0.25, -0.2) is 0 Å². The van der Waals surface area contributed by atoms with Gasteiger partial charge in [0.1, 0.15) is 5.75 Å². The highest BCUT2D eigenvalue weighted by atomic mass is 16.3. The first-order valence-corrected chi connectivity index (χ1v) is 11.2. The highest BCUT2D eigenvalue weighted by molar-refractivity contribution is 6.07. The SMILES string of the molecule is O=C1C(c2cc3nccnc3cc2O)c2ccccc2N1Cc1ccc(-c2ccccc2)cc1. The van der Waals surface area contributed by atoms with E-state index in [1.165, 1.54) is 0 Å². The maximum Gasteiger partial charge on any atom is 0.239 e. The van der Waals surface area contributed by atoms with Gasteiger partial charge in [0.05, 0.1) is 23.5 Å². The fraction of sp³-hybridized carbons (Fsp3) is 0.0690. The van der Waals surface area contributed by atoms with Crippen LogP contribution in [0.1, 0.15) is 22.6 Å². The standard InChI is InChI=1S/C29H21N3O2/c33-27-17-25-24(30-14-15-31-25)16-23(27)28-22-8-4-5-9-26(22)32(29(28)34)18-19-10-12-21(13-11-19)20-6-2-1-3-7-20/h1-17,28,33H,18H2. The number of carbonyl (C=O) groups is 1. The largest absolute Gasteiger partial charge is 0.508 e. The molecule has 1 aromatic heterocycles. The van der Waals surface area contributed by atoms with Crippen LogP contribution in [0.2, 0.25) is 0 Å². The molecule has 1 aliphatic heterocycles. The number of para-hydroxylation sites is 1. The summed E-state index contributed by atoms with van der Waals surface area (Å²) in [5.41, 5.74) is 6.87. The van der Waals surface area contributed by atoms with E-state index in [-0.39, 0.29) is 11.7 Å². The van der Waals surface area contributed by atoms with Crippen molar-refractivity contribution in [3.8, 4) is 16.9 Å². The zero-order valence-corrected chi connectivity index (χ0v) is 18.3. The van der Waals surface area contributed by atoms with Crippen LogP contribution in [0.4, 0.5) is 5.69 Å². The summed E-state index contributed by atoms with van der Waals surface area (Å²) in [7, 11) is 0. The molecule has 34 heavy (non-hydrogen) atoms. The summed E-state index contributed by atoms with van der Waals surface area (Å²) >= 11 is 0. The Labute approximate surface area is 197 Å². The first-order valence-electron chi connectivity index (χ1n) is 11.2. The molecule has 1 N–H and O–H groups in total. The van der Waals surface area contributed by atoms with E-state index >= 15 is 0 Å². The van der Waals surface area contributed by atoms with Crippen molar-refractivity contribution in [2.24, 2.45) is 0 Å². The average molecular weight is 444 g/mol. The van der Waals surface area contributed by atoms with Crippen LogP contribution in [0.3, 0.4) is 0 Å². The maximum absolute atomic E-state index is 13.7. The van der Waals surface area contributed by atoms with E-state index in [0.29, 0.717) is 23.1 Å². The first-order chi connectivity index (χ1) is 16.7. The lowest BCUT2D eigenvalue weighted by Crippen LogP contribution is -2.28. The number of phenolic OH excluding ortho intramolecular Hbond substituents is 1. The molecule has 164 valence electrons. The highest BCUT2D eigenvalue weighted by Gasteiger charge is 2.39. The molecule has 1 atom stereocenters. The zero-order valence-electron chi connectivity index (χ0n) is 18.3.